The highest BCUT2D eigenvalue weighted by molar-refractivity contribution is 9.58. The van der Waals surface area contributed by atoms with Crippen molar-refractivity contribution in [3.8, 4) is 0 Å². The van der Waals surface area contributed by atoms with Crippen molar-refractivity contribution in [3.05, 3.63) is 35.9 Å². The summed E-state index contributed by atoms with van der Waals surface area (Å²) >= 11 is 3.95. The van der Waals surface area contributed by atoms with Gasteiger partial charge in [-0.1, -0.05) is 57.0 Å². The summed E-state index contributed by atoms with van der Waals surface area (Å²) in [5, 5.41) is 0. The average molecular weight is 345 g/mol. The van der Waals surface area contributed by atoms with E-state index in [9.17, 15) is 4.79 Å². The lowest BCUT2D eigenvalue weighted by Crippen LogP contribution is -2.15. The van der Waals surface area contributed by atoms with Gasteiger partial charge in [0.15, 0.2) is 5.78 Å². The molecule has 0 saturated carbocycles. The van der Waals surface area contributed by atoms with Gasteiger partial charge in [0.05, 0.1) is 5.75 Å². The number of hydrogen-bond acceptors (Lipinski definition) is 1. The molecule has 0 aliphatic carbocycles. The minimum atomic E-state index is -0.948. The number of ketones is 1. The zero-order chi connectivity index (χ0) is 14.1. The first-order chi connectivity index (χ1) is 9.11. The summed E-state index contributed by atoms with van der Waals surface area (Å²) in [6.07, 6.45) is 4.83. The first-order valence-electron chi connectivity index (χ1n) is 7.15. The van der Waals surface area contributed by atoms with E-state index in [1.807, 2.05) is 30.3 Å². The summed E-state index contributed by atoms with van der Waals surface area (Å²) in [4.78, 5) is 12.4. The van der Waals surface area contributed by atoms with Crippen LogP contribution in [0.25, 0.3) is 0 Å². The molecule has 0 unspecified atom stereocenters. The summed E-state index contributed by atoms with van der Waals surface area (Å²) in [6, 6.07) is 9.69. The van der Waals surface area contributed by atoms with Crippen LogP contribution >= 0.6 is 23.3 Å². The van der Waals surface area contributed by atoms with Gasteiger partial charge in [-0.2, -0.15) is 8.46 Å². The monoisotopic (exact) mass is 344 g/mol. The van der Waals surface area contributed by atoms with Crippen LogP contribution in [-0.4, -0.2) is 23.0 Å². The van der Waals surface area contributed by atoms with E-state index in [0.29, 0.717) is 11.5 Å². The maximum atomic E-state index is 12.4. The second-order valence-corrected chi connectivity index (χ2v) is 12.1. The van der Waals surface area contributed by atoms with E-state index in [4.69, 9.17) is 0 Å². The van der Waals surface area contributed by atoms with Crippen molar-refractivity contribution >= 4 is 29.1 Å². The van der Waals surface area contributed by atoms with Gasteiger partial charge >= 0.3 is 0 Å². The molecule has 0 saturated heterocycles. The maximum Gasteiger partial charge on any atom is 0.171 e. The van der Waals surface area contributed by atoms with Gasteiger partial charge in [-0.3, -0.25) is 4.79 Å². The number of rotatable bonds is 9. The summed E-state index contributed by atoms with van der Waals surface area (Å²) in [5.74, 6) is 3.32. The lowest BCUT2D eigenvalue weighted by Gasteiger charge is -2.33. The molecule has 0 aliphatic heterocycles. The van der Waals surface area contributed by atoms with Gasteiger partial charge in [0.1, 0.15) is 0 Å². The van der Waals surface area contributed by atoms with Crippen LogP contribution in [0.2, 0.25) is 0 Å². The van der Waals surface area contributed by atoms with E-state index in [2.05, 4.69) is 28.7 Å². The first-order valence-corrected chi connectivity index (χ1v) is 11.1. The number of carbonyl (C=O) groups excluding carboxylic acids is 1. The van der Waals surface area contributed by atoms with Crippen LogP contribution in [0.5, 0.6) is 0 Å². The Bertz CT molecular complexity index is 370. The third-order valence-corrected chi connectivity index (χ3v) is 8.66. The Labute approximate surface area is 126 Å². The van der Waals surface area contributed by atoms with Gasteiger partial charge in [0.2, 0.25) is 0 Å². The third-order valence-electron chi connectivity index (χ3n) is 3.21. The molecule has 0 amide bonds. The Morgan fingerprint density at radius 2 is 1.58 bits per heavy atom. The minimum absolute atomic E-state index is 0.291. The van der Waals surface area contributed by atoms with Gasteiger partial charge in [-0.15, -0.1) is 0 Å². The molecule has 1 nitrogen and oxygen atoms in total. The molecule has 0 bridgehead atoms. The summed E-state index contributed by atoms with van der Waals surface area (Å²) in [7, 11) is -0.948. The molecule has 19 heavy (non-hydrogen) atoms. The Morgan fingerprint density at radius 1 is 1.05 bits per heavy atom. The smallest absolute Gasteiger partial charge is 0.171 e. The number of unbranched alkanes of at least 4 members (excludes halogenated alkanes) is 2. The van der Waals surface area contributed by atoms with Crippen molar-refractivity contribution in [1.29, 1.82) is 0 Å². The van der Waals surface area contributed by atoms with E-state index in [1.54, 1.807) is 0 Å². The SMILES string of the molecule is CCCCS(Br)(CCCC)CC(=O)c1ccccc1. The van der Waals surface area contributed by atoms with Gasteiger partial charge in [-0.25, -0.2) is 0 Å². The molecule has 0 radical (unpaired) electrons. The third kappa shape index (κ3) is 6.13. The minimum Gasteiger partial charge on any atom is -0.293 e. The van der Waals surface area contributed by atoms with E-state index in [0.717, 1.165) is 5.56 Å². The number of benzene rings is 1. The van der Waals surface area contributed by atoms with Crippen LogP contribution in [0.15, 0.2) is 30.3 Å². The Balaban J connectivity index is 2.68. The van der Waals surface area contributed by atoms with Crippen LogP contribution in [0.3, 0.4) is 0 Å². The van der Waals surface area contributed by atoms with Crippen LogP contribution in [0.4, 0.5) is 0 Å². The van der Waals surface area contributed by atoms with Crippen molar-refractivity contribution in [1.82, 2.24) is 0 Å². The normalized spacial score (nSPS) is 12.4. The quantitative estimate of drug-likeness (QED) is 0.534. The number of hydrogen-bond donors (Lipinski definition) is 0. The molecule has 3 heteroatoms. The van der Waals surface area contributed by atoms with Crippen molar-refractivity contribution in [2.75, 3.05) is 17.3 Å². The largest absolute Gasteiger partial charge is 0.293 e. The number of halogens is 1. The summed E-state index contributed by atoms with van der Waals surface area (Å²) < 4.78 is 0. The molecular formula is C16H25BrOS. The predicted octanol–water partition coefficient (Wildman–Crippen LogP) is 5.58. The highest BCUT2D eigenvalue weighted by Gasteiger charge is 2.23. The highest BCUT2D eigenvalue weighted by atomic mass is 79.9. The summed E-state index contributed by atoms with van der Waals surface area (Å²) in [6.45, 7) is 4.43. The molecule has 108 valence electrons. The zero-order valence-corrected chi connectivity index (χ0v) is 14.4. The van der Waals surface area contributed by atoms with Crippen LogP contribution in [0, 0.1) is 0 Å². The van der Waals surface area contributed by atoms with Crippen LogP contribution in [-0.2, 0) is 0 Å². The van der Waals surface area contributed by atoms with Crippen molar-refractivity contribution < 1.29 is 4.79 Å². The van der Waals surface area contributed by atoms with Crippen LogP contribution < -0.4 is 0 Å². The molecule has 0 fully saturated rings. The molecule has 1 aromatic rings. The Morgan fingerprint density at radius 3 is 2.05 bits per heavy atom. The van der Waals surface area contributed by atoms with Crippen molar-refractivity contribution in [3.63, 3.8) is 0 Å². The maximum absolute atomic E-state index is 12.4. The first kappa shape index (κ1) is 16.8. The lowest BCUT2D eigenvalue weighted by atomic mass is 10.2. The molecule has 0 aromatic heterocycles. The topological polar surface area (TPSA) is 17.1 Å². The second-order valence-electron chi connectivity index (χ2n) is 4.99. The van der Waals surface area contributed by atoms with E-state index in [-0.39, 0.29) is 0 Å². The lowest BCUT2D eigenvalue weighted by molar-refractivity contribution is 0.102. The molecule has 1 rings (SSSR count). The molecule has 0 heterocycles. The predicted molar refractivity (Wildman–Crippen MR) is 91.7 cm³/mol. The Kier molecular flexibility index (Phi) is 7.77. The molecular weight excluding hydrogens is 320 g/mol. The van der Waals surface area contributed by atoms with Crippen molar-refractivity contribution in [2.45, 2.75) is 39.5 Å². The molecule has 0 aliphatic rings. The second kappa shape index (κ2) is 8.80. The summed E-state index contributed by atoms with van der Waals surface area (Å²) in [5.41, 5.74) is 0.854. The molecule has 1 aromatic carbocycles. The van der Waals surface area contributed by atoms with E-state index in [1.165, 1.54) is 37.2 Å². The standard InChI is InChI=1S/C16H25BrOS/c1-3-5-12-19(17,13-6-4-2)14-16(18)15-10-8-7-9-11-15/h7-11H,3-6,12-14H2,1-2H3. The van der Waals surface area contributed by atoms with E-state index < -0.39 is 8.46 Å². The van der Waals surface area contributed by atoms with Crippen LogP contribution in [0.1, 0.15) is 49.9 Å². The van der Waals surface area contributed by atoms with Gasteiger partial charge in [0, 0.05) is 5.56 Å². The molecule has 0 atom stereocenters. The zero-order valence-electron chi connectivity index (χ0n) is 12.0. The Hall–Kier alpha value is -0.280. The number of Topliss-reactive ketones (excluding diaryl/α,β-unsaturated/α-hetero) is 1. The molecule has 0 N–H and O–H groups in total. The van der Waals surface area contributed by atoms with Crippen molar-refractivity contribution in [2.24, 2.45) is 0 Å². The fourth-order valence-corrected chi connectivity index (χ4v) is 6.73. The highest BCUT2D eigenvalue weighted by Crippen LogP contribution is 2.57. The molecule has 0 spiro atoms. The van der Waals surface area contributed by atoms with Gasteiger partial charge < -0.3 is 0 Å². The fourth-order valence-electron chi connectivity index (χ4n) is 1.99. The van der Waals surface area contributed by atoms with Gasteiger partial charge in [-0.05, 0) is 39.2 Å². The number of carbonyl (C=O) groups is 1. The van der Waals surface area contributed by atoms with Gasteiger partial charge in [0.25, 0.3) is 0 Å². The average Bonchev–Trinajstić information content (AvgIpc) is 2.44. The fraction of sp³-hybridized carbons (Fsp3) is 0.562. The van der Waals surface area contributed by atoms with E-state index >= 15 is 0 Å².